The summed E-state index contributed by atoms with van der Waals surface area (Å²) in [5.74, 6) is 1.90. The molecule has 0 aliphatic heterocycles. The molecule has 5 heteroatoms. The molecule has 0 fully saturated rings. The maximum Gasteiger partial charge on any atom is 0.164 e. The van der Waals surface area contributed by atoms with Crippen molar-refractivity contribution in [3.8, 4) is 45.5 Å². The minimum Gasteiger partial charge on any atom is -0.309 e. The molecule has 3 aromatic heterocycles. The third kappa shape index (κ3) is 5.00. The van der Waals surface area contributed by atoms with Crippen LogP contribution in [0.3, 0.4) is 0 Å². The largest absolute Gasteiger partial charge is 0.309 e. The molecule has 58 heavy (non-hydrogen) atoms. The number of para-hydroxylation sites is 3. The van der Waals surface area contributed by atoms with Gasteiger partial charge in [-0.25, -0.2) is 15.0 Å². The normalized spacial score (nSPS) is 11.8. The van der Waals surface area contributed by atoms with Crippen molar-refractivity contribution in [3.63, 3.8) is 0 Å². The summed E-state index contributed by atoms with van der Waals surface area (Å²) in [5.41, 5.74) is 9.65. The lowest BCUT2D eigenvalue weighted by Gasteiger charge is -2.15. The SMILES string of the molecule is c1ccc(-c2nc(-c3ccc4ccccc4c3)nc(-c3cc(-n4c5ccccc5c5c4ccc4c6ccccc6n(-c6ccccc6)c45)cc4ccccc34)n2)cc1. The third-order valence-electron chi connectivity index (χ3n) is 11.5. The first kappa shape index (κ1) is 32.4. The van der Waals surface area contributed by atoms with Gasteiger partial charge in [0.25, 0.3) is 0 Å². The van der Waals surface area contributed by atoms with Gasteiger partial charge in [-0.2, -0.15) is 0 Å². The summed E-state index contributed by atoms with van der Waals surface area (Å²) in [4.78, 5) is 15.6. The fourth-order valence-corrected chi connectivity index (χ4v) is 8.91. The van der Waals surface area contributed by atoms with Gasteiger partial charge in [-0.15, -0.1) is 0 Å². The average Bonchev–Trinajstić information content (AvgIpc) is 3.82. The van der Waals surface area contributed by atoms with E-state index in [0.717, 1.165) is 55.3 Å². The smallest absolute Gasteiger partial charge is 0.164 e. The lowest BCUT2D eigenvalue weighted by Crippen LogP contribution is -2.02. The molecule has 12 rings (SSSR count). The van der Waals surface area contributed by atoms with Gasteiger partial charge in [0.1, 0.15) is 0 Å². The lowest BCUT2D eigenvalue weighted by molar-refractivity contribution is 1.07. The van der Waals surface area contributed by atoms with Crippen LogP contribution in [0.5, 0.6) is 0 Å². The number of fused-ring (bicyclic) bond motifs is 9. The van der Waals surface area contributed by atoms with E-state index in [1.54, 1.807) is 0 Å². The van der Waals surface area contributed by atoms with Gasteiger partial charge in [-0.1, -0.05) is 152 Å². The number of hydrogen-bond donors (Lipinski definition) is 0. The van der Waals surface area contributed by atoms with Crippen LogP contribution < -0.4 is 0 Å². The van der Waals surface area contributed by atoms with E-state index in [1.807, 2.05) is 18.2 Å². The molecule has 0 saturated heterocycles. The van der Waals surface area contributed by atoms with Gasteiger partial charge in [0, 0.05) is 49.6 Å². The van der Waals surface area contributed by atoms with Crippen LogP contribution in [0, 0.1) is 0 Å². The molecule has 0 bridgehead atoms. The molecule has 0 aliphatic carbocycles. The van der Waals surface area contributed by atoms with Crippen molar-refractivity contribution in [1.29, 1.82) is 0 Å². The summed E-state index contributed by atoms with van der Waals surface area (Å²) in [5, 5.41) is 9.38. The van der Waals surface area contributed by atoms with Gasteiger partial charge >= 0.3 is 0 Å². The molecule has 0 saturated carbocycles. The van der Waals surface area contributed by atoms with Gasteiger partial charge in [-0.3, -0.25) is 0 Å². The van der Waals surface area contributed by atoms with E-state index in [0.29, 0.717) is 17.5 Å². The molecule has 0 N–H and O–H groups in total. The molecule has 0 aliphatic rings. The quantitative estimate of drug-likeness (QED) is 0.177. The van der Waals surface area contributed by atoms with Crippen LogP contribution in [0.2, 0.25) is 0 Å². The van der Waals surface area contributed by atoms with E-state index in [9.17, 15) is 0 Å². The van der Waals surface area contributed by atoms with E-state index in [2.05, 4.69) is 191 Å². The number of hydrogen-bond acceptors (Lipinski definition) is 3. The molecule has 0 atom stereocenters. The minimum atomic E-state index is 0.627. The number of benzene rings is 9. The molecule has 0 unspecified atom stereocenters. The Kier molecular flexibility index (Phi) is 7.16. The second kappa shape index (κ2) is 12.8. The van der Waals surface area contributed by atoms with Crippen molar-refractivity contribution in [2.24, 2.45) is 0 Å². The summed E-state index contributed by atoms with van der Waals surface area (Å²) in [6.45, 7) is 0. The molecular formula is C53H33N5. The Labute approximate surface area is 333 Å². The number of rotatable bonds is 5. The Morgan fingerprint density at radius 3 is 1.71 bits per heavy atom. The highest BCUT2D eigenvalue weighted by Crippen LogP contribution is 2.43. The minimum absolute atomic E-state index is 0.627. The van der Waals surface area contributed by atoms with E-state index >= 15 is 0 Å². The van der Waals surface area contributed by atoms with Gasteiger partial charge in [-0.05, 0) is 70.1 Å². The van der Waals surface area contributed by atoms with Crippen LogP contribution in [0.25, 0.3) is 111 Å². The molecule has 0 spiro atoms. The fourth-order valence-electron chi connectivity index (χ4n) is 8.91. The number of nitrogens with zero attached hydrogens (tertiary/aromatic N) is 5. The Bertz CT molecular complexity index is 3560. The van der Waals surface area contributed by atoms with E-state index in [-0.39, 0.29) is 0 Å². The molecule has 3 heterocycles. The fraction of sp³-hybridized carbons (Fsp3) is 0. The van der Waals surface area contributed by atoms with Crippen molar-refractivity contribution < 1.29 is 0 Å². The lowest BCUT2D eigenvalue weighted by atomic mass is 10.0. The second-order valence-electron chi connectivity index (χ2n) is 14.8. The van der Waals surface area contributed by atoms with Crippen molar-refractivity contribution in [2.45, 2.75) is 0 Å². The molecule has 12 aromatic rings. The van der Waals surface area contributed by atoms with Crippen LogP contribution >= 0.6 is 0 Å². The second-order valence-corrected chi connectivity index (χ2v) is 14.8. The summed E-state index contributed by atoms with van der Waals surface area (Å²) in [6.07, 6.45) is 0. The monoisotopic (exact) mass is 739 g/mol. The highest BCUT2D eigenvalue weighted by Gasteiger charge is 2.22. The topological polar surface area (TPSA) is 48.5 Å². The van der Waals surface area contributed by atoms with Gasteiger partial charge in [0.05, 0.1) is 22.1 Å². The molecule has 9 aromatic carbocycles. The van der Waals surface area contributed by atoms with Gasteiger partial charge in [0.15, 0.2) is 17.5 Å². The van der Waals surface area contributed by atoms with Gasteiger partial charge < -0.3 is 9.13 Å². The molecule has 270 valence electrons. The first-order chi connectivity index (χ1) is 28.8. The maximum atomic E-state index is 5.28. The van der Waals surface area contributed by atoms with Crippen molar-refractivity contribution in [2.75, 3.05) is 0 Å². The van der Waals surface area contributed by atoms with Crippen molar-refractivity contribution in [1.82, 2.24) is 24.1 Å². The van der Waals surface area contributed by atoms with Crippen LogP contribution in [0.15, 0.2) is 200 Å². The van der Waals surface area contributed by atoms with E-state index in [4.69, 9.17) is 15.0 Å². The summed E-state index contributed by atoms with van der Waals surface area (Å²) in [7, 11) is 0. The molecule has 0 radical (unpaired) electrons. The predicted molar refractivity (Wildman–Crippen MR) is 240 cm³/mol. The number of aromatic nitrogens is 5. The van der Waals surface area contributed by atoms with Crippen LogP contribution in [0.4, 0.5) is 0 Å². The Morgan fingerprint density at radius 2 is 0.914 bits per heavy atom. The summed E-state index contributed by atoms with van der Waals surface area (Å²) >= 11 is 0. The third-order valence-corrected chi connectivity index (χ3v) is 11.5. The summed E-state index contributed by atoms with van der Waals surface area (Å²) in [6, 6.07) is 71.0. The zero-order chi connectivity index (χ0) is 38.2. The zero-order valence-corrected chi connectivity index (χ0v) is 31.3. The van der Waals surface area contributed by atoms with E-state index in [1.165, 1.54) is 38.0 Å². The average molecular weight is 740 g/mol. The molecule has 0 amide bonds. The van der Waals surface area contributed by atoms with E-state index < -0.39 is 0 Å². The van der Waals surface area contributed by atoms with Crippen molar-refractivity contribution in [3.05, 3.63) is 200 Å². The predicted octanol–water partition coefficient (Wildman–Crippen LogP) is 13.4. The Morgan fingerprint density at radius 1 is 0.310 bits per heavy atom. The maximum absolute atomic E-state index is 5.28. The van der Waals surface area contributed by atoms with Gasteiger partial charge in [0.2, 0.25) is 0 Å². The Hall–Kier alpha value is -7.89. The Balaban J connectivity index is 1.15. The standard InChI is InChI=1S/C53H33N5/c1-3-16-35(17-4-1)51-54-52(38-28-27-34-15-7-8-18-36(34)31-38)56-53(55-51)45-33-40(32-37-19-9-10-22-41(37)45)57-47-26-14-12-24-44(47)49-48(57)30-29-43-42-23-11-13-25-46(42)58(50(43)49)39-20-5-2-6-21-39/h1-33H. The zero-order valence-electron chi connectivity index (χ0n) is 31.3. The highest BCUT2D eigenvalue weighted by molar-refractivity contribution is 6.26. The molecular weight excluding hydrogens is 707 g/mol. The summed E-state index contributed by atoms with van der Waals surface area (Å²) < 4.78 is 4.84. The highest BCUT2D eigenvalue weighted by atomic mass is 15.0. The van der Waals surface area contributed by atoms with Crippen LogP contribution in [0.1, 0.15) is 0 Å². The van der Waals surface area contributed by atoms with Crippen LogP contribution in [-0.4, -0.2) is 24.1 Å². The first-order valence-corrected chi connectivity index (χ1v) is 19.6. The molecule has 5 nitrogen and oxygen atoms in total. The van der Waals surface area contributed by atoms with Crippen molar-refractivity contribution >= 4 is 65.2 Å². The van der Waals surface area contributed by atoms with Crippen LogP contribution in [-0.2, 0) is 0 Å². The first-order valence-electron chi connectivity index (χ1n) is 19.6.